The van der Waals surface area contributed by atoms with Crippen molar-refractivity contribution in [3.8, 4) is 0 Å². The lowest BCUT2D eigenvalue weighted by atomic mass is 9.72. The standard InChI is InChI=1S/C19H22N2O2S/c1-23-17-16(21-18(22)13-6-11-24-12-13)14-4-2-3-5-15(14)19(17)7-9-20-10-8-19/h2-6,11-12,16-17,20H,7-10H2,1H3,(H,21,22)/t16-,17+/m0/s1. The molecule has 2 atom stereocenters. The van der Waals surface area contributed by atoms with Gasteiger partial charge in [-0.1, -0.05) is 24.3 Å². The molecule has 2 heterocycles. The van der Waals surface area contributed by atoms with E-state index >= 15 is 0 Å². The average Bonchev–Trinajstić information content (AvgIpc) is 3.23. The Bertz CT molecular complexity index is 723. The lowest BCUT2D eigenvalue weighted by molar-refractivity contribution is 0.00397. The summed E-state index contributed by atoms with van der Waals surface area (Å²) in [6.45, 7) is 1.97. The first-order chi connectivity index (χ1) is 11.8. The van der Waals surface area contributed by atoms with Gasteiger partial charge in [-0.05, 0) is 48.5 Å². The molecular formula is C19H22N2O2S. The lowest BCUT2D eigenvalue weighted by Crippen LogP contribution is -2.49. The second kappa shape index (κ2) is 6.31. The Kier molecular flexibility index (Phi) is 4.16. The van der Waals surface area contributed by atoms with Crippen LogP contribution in [-0.4, -0.2) is 32.2 Å². The number of carbonyl (C=O) groups excluding carboxylic acids is 1. The van der Waals surface area contributed by atoms with Crippen molar-refractivity contribution in [1.29, 1.82) is 0 Å². The summed E-state index contributed by atoms with van der Waals surface area (Å²) in [5.41, 5.74) is 3.26. The van der Waals surface area contributed by atoms with E-state index < -0.39 is 0 Å². The summed E-state index contributed by atoms with van der Waals surface area (Å²) < 4.78 is 5.98. The molecular weight excluding hydrogens is 320 g/mol. The van der Waals surface area contributed by atoms with Crippen LogP contribution in [0.15, 0.2) is 41.1 Å². The zero-order valence-corrected chi connectivity index (χ0v) is 14.6. The van der Waals surface area contributed by atoms with Crippen LogP contribution in [0.2, 0.25) is 0 Å². The van der Waals surface area contributed by atoms with Crippen molar-refractivity contribution in [2.45, 2.75) is 30.4 Å². The summed E-state index contributed by atoms with van der Waals surface area (Å²) >= 11 is 1.54. The highest BCUT2D eigenvalue weighted by Crippen LogP contribution is 2.51. The number of fused-ring (bicyclic) bond motifs is 2. The third-order valence-corrected chi connectivity index (χ3v) is 6.18. The Hall–Kier alpha value is -1.69. The van der Waals surface area contributed by atoms with Crippen molar-refractivity contribution in [3.05, 3.63) is 57.8 Å². The van der Waals surface area contributed by atoms with Gasteiger partial charge in [-0.3, -0.25) is 4.79 Å². The molecule has 0 unspecified atom stereocenters. The monoisotopic (exact) mass is 342 g/mol. The van der Waals surface area contributed by atoms with E-state index in [1.54, 1.807) is 7.11 Å². The fourth-order valence-corrected chi connectivity index (χ4v) is 5.05. The average molecular weight is 342 g/mol. The first kappa shape index (κ1) is 15.8. The van der Waals surface area contributed by atoms with Crippen molar-refractivity contribution >= 4 is 17.2 Å². The molecule has 0 saturated carbocycles. The third kappa shape index (κ3) is 2.39. The predicted octanol–water partition coefficient (Wildman–Crippen LogP) is 2.87. The van der Waals surface area contributed by atoms with E-state index in [-0.39, 0.29) is 23.5 Å². The summed E-state index contributed by atoms with van der Waals surface area (Å²) in [7, 11) is 1.77. The van der Waals surface area contributed by atoms with Crippen molar-refractivity contribution in [2.75, 3.05) is 20.2 Å². The number of thiophene rings is 1. The molecule has 0 radical (unpaired) electrons. The van der Waals surface area contributed by atoms with Crippen LogP contribution in [0, 0.1) is 0 Å². The minimum atomic E-state index is -0.100. The smallest absolute Gasteiger partial charge is 0.252 e. The molecule has 5 heteroatoms. The molecule has 0 bridgehead atoms. The molecule has 1 aliphatic heterocycles. The molecule has 1 fully saturated rings. The van der Waals surface area contributed by atoms with E-state index in [4.69, 9.17) is 4.74 Å². The van der Waals surface area contributed by atoms with E-state index in [2.05, 4.69) is 34.9 Å². The van der Waals surface area contributed by atoms with Gasteiger partial charge < -0.3 is 15.4 Å². The van der Waals surface area contributed by atoms with Crippen molar-refractivity contribution in [1.82, 2.24) is 10.6 Å². The second-order valence-electron chi connectivity index (χ2n) is 6.61. The molecule has 126 valence electrons. The summed E-state index contributed by atoms with van der Waals surface area (Å²) in [6, 6.07) is 10.3. The fourth-order valence-electron chi connectivity index (χ4n) is 4.42. The number of nitrogens with one attached hydrogen (secondary N) is 2. The van der Waals surface area contributed by atoms with Gasteiger partial charge in [0.15, 0.2) is 0 Å². The van der Waals surface area contributed by atoms with Crippen LogP contribution in [0.5, 0.6) is 0 Å². The molecule has 1 aromatic heterocycles. The van der Waals surface area contributed by atoms with Gasteiger partial charge in [0, 0.05) is 17.9 Å². The summed E-state index contributed by atoms with van der Waals surface area (Å²) in [5.74, 6) is -0.0240. The molecule has 2 N–H and O–H groups in total. The lowest BCUT2D eigenvalue weighted by Gasteiger charge is -2.40. The van der Waals surface area contributed by atoms with Crippen LogP contribution in [0.1, 0.15) is 40.4 Å². The summed E-state index contributed by atoms with van der Waals surface area (Å²) in [5, 5.41) is 10.5. The van der Waals surface area contributed by atoms with Crippen LogP contribution < -0.4 is 10.6 Å². The topological polar surface area (TPSA) is 50.4 Å². The van der Waals surface area contributed by atoms with Gasteiger partial charge >= 0.3 is 0 Å². The number of methoxy groups -OCH3 is 1. The number of ether oxygens (including phenoxy) is 1. The molecule has 4 rings (SSSR count). The highest BCUT2D eigenvalue weighted by atomic mass is 32.1. The number of benzene rings is 1. The van der Waals surface area contributed by atoms with E-state index in [9.17, 15) is 4.79 Å². The van der Waals surface area contributed by atoms with Crippen LogP contribution in [0.4, 0.5) is 0 Å². The molecule has 1 spiro atoms. The molecule has 2 aliphatic rings. The first-order valence-corrected chi connectivity index (χ1v) is 9.36. The number of rotatable bonds is 3. The summed E-state index contributed by atoms with van der Waals surface area (Å²) in [4.78, 5) is 12.6. The highest BCUT2D eigenvalue weighted by molar-refractivity contribution is 7.08. The maximum atomic E-state index is 12.6. The van der Waals surface area contributed by atoms with Crippen LogP contribution in [0.25, 0.3) is 0 Å². The minimum Gasteiger partial charge on any atom is -0.378 e. The zero-order chi connectivity index (χ0) is 16.6. The Morgan fingerprint density at radius 2 is 2.08 bits per heavy atom. The molecule has 1 aromatic carbocycles. The Morgan fingerprint density at radius 1 is 1.29 bits per heavy atom. The van der Waals surface area contributed by atoms with Crippen molar-refractivity contribution in [3.63, 3.8) is 0 Å². The first-order valence-electron chi connectivity index (χ1n) is 8.42. The van der Waals surface area contributed by atoms with Crippen molar-refractivity contribution in [2.24, 2.45) is 0 Å². The normalized spacial score (nSPS) is 24.7. The van der Waals surface area contributed by atoms with Gasteiger partial charge in [-0.2, -0.15) is 11.3 Å². The SMILES string of the molecule is CO[C@@H]1[C@@H](NC(=O)c2ccsc2)c2ccccc2C12CCNCC2. The maximum Gasteiger partial charge on any atom is 0.252 e. The van der Waals surface area contributed by atoms with Crippen LogP contribution >= 0.6 is 11.3 Å². The quantitative estimate of drug-likeness (QED) is 0.902. The zero-order valence-electron chi connectivity index (χ0n) is 13.7. The molecule has 1 aliphatic carbocycles. The summed E-state index contributed by atoms with van der Waals surface area (Å²) in [6.07, 6.45) is 2.04. The van der Waals surface area contributed by atoms with Gasteiger partial charge in [0.2, 0.25) is 0 Å². The molecule has 2 aromatic rings. The second-order valence-corrected chi connectivity index (χ2v) is 7.39. The number of carbonyl (C=O) groups is 1. The van der Waals surface area contributed by atoms with E-state index in [1.165, 1.54) is 22.5 Å². The van der Waals surface area contributed by atoms with Gasteiger partial charge in [-0.15, -0.1) is 0 Å². The third-order valence-electron chi connectivity index (χ3n) is 5.50. The fraction of sp³-hybridized carbons (Fsp3) is 0.421. The van der Waals surface area contributed by atoms with Gasteiger partial charge in [0.05, 0.1) is 17.7 Å². The van der Waals surface area contributed by atoms with Gasteiger partial charge in [0.1, 0.15) is 0 Å². The number of hydrogen-bond donors (Lipinski definition) is 2. The van der Waals surface area contributed by atoms with Gasteiger partial charge in [-0.25, -0.2) is 0 Å². The highest BCUT2D eigenvalue weighted by Gasteiger charge is 2.53. The maximum absolute atomic E-state index is 12.6. The number of hydrogen-bond acceptors (Lipinski definition) is 4. The Balaban J connectivity index is 1.72. The largest absolute Gasteiger partial charge is 0.378 e. The van der Waals surface area contributed by atoms with Crippen LogP contribution in [-0.2, 0) is 10.2 Å². The number of amides is 1. The molecule has 4 nitrogen and oxygen atoms in total. The number of piperidine rings is 1. The van der Waals surface area contributed by atoms with E-state index in [0.29, 0.717) is 0 Å². The van der Waals surface area contributed by atoms with Crippen LogP contribution in [0.3, 0.4) is 0 Å². The van der Waals surface area contributed by atoms with Crippen molar-refractivity contribution < 1.29 is 9.53 Å². The molecule has 24 heavy (non-hydrogen) atoms. The molecule has 1 amide bonds. The van der Waals surface area contributed by atoms with Gasteiger partial charge in [0.25, 0.3) is 5.91 Å². The molecule has 1 saturated heterocycles. The minimum absolute atomic E-state index is 0.0107. The predicted molar refractivity (Wildman–Crippen MR) is 95.5 cm³/mol. The Labute approximate surface area is 146 Å². The van der Waals surface area contributed by atoms with E-state index in [0.717, 1.165) is 31.5 Å². The van der Waals surface area contributed by atoms with E-state index in [1.807, 2.05) is 16.8 Å². The Morgan fingerprint density at radius 3 is 2.79 bits per heavy atom.